The third kappa shape index (κ3) is 5.34. The van der Waals surface area contributed by atoms with Gasteiger partial charge < -0.3 is 9.88 Å². The smallest absolute Gasteiger partial charge is 0.321 e. The molecule has 0 spiro atoms. The molecule has 12 heteroatoms. The van der Waals surface area contributed by atoms with Gasteiger partial charge in [0.05, 0.1) is 10.6 Å². The van der Waals surface area contributed by atoms with Gasteiger partial charge in [0.2, 0.25) is 15.9 Å². The first kappa shape index (κ1) is 22.8. The summed E-state index contributed by atoms with van der Waals surface area (Å²) in [7, 11) is -0.455. The van der Waals surface area contributed by atoms with Gasteiger partial charge in [-0.15, -0.1) is 10.2 Å². The van der Waals surface area contributed by atoms with Gasteiger partial charge in [0, 0.05) is 32.7 Å². The van der Waals surface area contributed by atoms with Gasteiger partial charge in [0.25, 0.3) is 0 Å². The number of sulfonamides is 1. The predicted octanol–water partition coefficient (Wildman–Crippen LogP) is 1.06. The number of nitrogens with one attached hydrogen (secondary N) is 2. The van der Waals surface area contributed by atoms with E-state index in [1.807, 2.05) is 0 Å². The van der Waals surface area contributed by atoms with Crippen LogP contribution >= 0.6 is 11.8 Å². The van der Waals surface area contributed by atoms with Crippen molar-refractivity contribution in [3.63, 3.8) is 0 Å². The second-order valence-electron chi connectivity index (χ2n) is 5.90. The van der Waals surface area contributed by atoms with E-state index in [1.165, 1.54) is 11.4 Å². The van der Waals surface area contributed by atoms with Crippen molar-refractivity contribution in [2.75, 3.05) is 25.9 Å². The molecule has 0 aliphatic carbocycles. The highest BCUT2D eigenvalue weighted by Crippen LogP contribution is 2.25. The zero-order valence-electron chi connectivity index (χ0n) is 16.7. The van der Waals surface area contributed by atoms with Crippen LogP contribution in [0.25, 0.3) is 11.4 Å². The molecule has 0 fully saturated rings. The lowest BCUT2D eigenvalue weighted by Gasteiger charge is -2.18. The third-order valence-electron chi connectivity index (χ3n) is 4.08. The molecular formula is C17H24N6O4S2. The molecule has 1 aromatic carbocycles. The molecule has 1 heterocycles. The number of amides is 3. The van der Waals surface area contributed by atoms with E-state index in [0.717, 1.165) is 11.8 Å². The predicted molar refractivity (Wildman–Crippen MR) is 110 cm³/mol. The van der Waals surface area contributed by atoms with Crippen molar-refractivity contribution in [3.05, 3.63) is 24.3 Å². The van der Waals surface area contributed by atoms with Gasteiger partial charge in [-0.05, 0) is 12.1 Å². The number of urea groups is 1. The molecule has 158 valence electrons. The molecule has 0 unspecified atom stereocenters. The van der Waals surface area contributed by atoms with Gasteiger partial charge in [0.15, 0.2) is 11.0 Å². The molecule has 0 aliphatic heterocycles. The van der Waals surface area contributed by atoms with E-state index in [2.05, 4.69) is 20.8 Å². The Morgan fingerprint density at radius 1 is 1.21 bits per heavy atom. The van der Waals surface area contributed by atoms with Gasteiger partial charge in [-0.2, -0.15) is 4.31 Å². The van der Waals surface area contributed by atoms with E-state index < -0.39 is 22.0 Å². The number of rotatable bonds is 8. The van der Waals surface area contributed by atoms with E-state index >= 15 is 0 Å². The fraction of sp³-hybridized carbons (Fsp3) is 0.412. The molecule has 2 N–H and O–H groups in total. The summed E-state index contributed by atoms with van der Waals surface area (Å²) in [6.45, 7) is 4.34. The molecule has 2 rings (SSSR count). The van der Waals surface area contributed by atoms with Crippen molar-refractivity contribution in [1.29, 1.82) is 0 Å². The van der Waals surface area contributed by atoms with Gasteiger partial charge in [-0.25, -0.2) is 13.2 Å². The Balaban J connectivity index is 2.23. The fourth-order valence-electron chi connectivity index (χ4n) is 2.56. The van der Waals surface area contributed by atoms with Gasteiger partial charge in [-0.3, -0.25) is 10.1 Å². The number of imide groups is 1. The first-order valence-corrected chi connectivity index (χ1v) is 11.3. The number of hydrogen-bond donors (Lipinski definition) is 2. The average molecular weight is 441 g/mol. The summed E-state index contributed by atoms with van der Waals surface area (Å²) in [6.07, 6.45) is 0. The highest BCUT2D eigenvalue weighted by molar-refractivity contribution is 7.99. The maximum atomic E-state index is 12.8. The molecule has 29 heavy (non-hydrogen) atoms. The number of carbonyl (C=O) groups excluding carboxylic acids is 2. The molecule has 0 atom stereocenters. The first-order valence-electron chi connectivity index (χ1n) is 8.88. The van der Waals surface area contributed by atoms with E-state index in [9.17, 15) is 18.0 Å². The number of carbonyl (C=O) groups is 2. The Morgan fingerprint density at radius 3 is 2.52 bits per heavy atom. The van der Waals surface area contributed by atoms with Crippen LogP contribution in [0.4, 0.5) is 4.79 Å². The molecule has 10 nitrogen and oxygen atoms in total. The van der Waals surface area contributed by atoms with Crippen LogP contribution < -0.4 is 10.6 Å². The van der Waals surface area contributed by atoms with Gasteiger partial charge in [0.1, 0.15) is 0 Å². The van der Waals surface area contributed by atoms with Gasteiger partial charge >= 0.3 is 6.03 Å². The summed E-state index contributed by atoms with van der Waals surface area (Å²) in [6, 6.07) is 5.93. The zero-order chi connectivity index (χ0) is 21.6. The van der Waals surface area contributed by atoms with Gasteiger partial charge in [-0.1, -0.05) is 37.7 Å². The lowest BCUT2D eigenvalue weighted by molar-refractivity contribution is -0.117. The first-order chi connectivity index (χ1) is 13.7. The molecule has 1 aromatic heterocycles. The number of nitrogens with zero attached hydrogens (tertiary/aromatic N) is 4. The van der Waals surface area contributed by atoms with E-state index in [4.69, 9.17) is 0 Å². The van der Waals surface area contributed by atoms with Crippen molar-refractivity contribution in [2.24, 2.45) is 7.05 Å². The summed E-state index contributed by atoms with van der Waals surface area (Å²) in [4.78, 5) is 23.1. The van der Waals surface area contributed by atoms with Crippen LogP contribution in [0.5, 0.6) is 0 Å². The van der Waals surface area contributed by atoms with E-state index in [1.54, 1.807) is 49.7 Å². The van der Waals surface area contributed by atoms with Crippen molar-refractivity contribution < 1.29 is 18.0 Å². The van der Waals surface area contributed by atoms with Crippen LogP contribution in [0, 0.1) is 0 Å². The number of aromatic nitrogens is 3. The lowest BCUT2D eigenvalue weighted by atomic mass is 10.2. The SMILES string of the molecule is CCN(CC)S(=O)(=O)c1cccc(-c2nnc(SCC(=O)NC(=O)NC)n2C)c1. The van der Waals surface area contributed by atoms with Crippen LogP contribution in [0.2, 0.25) is 0 Å². The summed E-state index contributed by atoms with van der Waals surface area (Å²) in [5, 5.41) is 13.1. The summed E-state index contributed by atoms with van der Waals surface area (Å²) >= 11 is 1.12. The Bertz CT molecular complexity index is 986. The average Bonchev–Trinajstić information content (AvgIpc) is 3.07. The largest absolute Gasteiger partial charge is 0.341 e. The Kier molecular flexibility index (Phi) is 7.76. The number of hydrogen-bond acceptors (Lipinski definition) is 7. The minimum atomic E-state index is -3.59. The monoisotopic (exact) mass is 440 g/mol. The maximum absolute atomic E-state index is 12.8. The van der Waals surface area contributed by atoms with Crippen LogP contribution in [0.3, 0.4) is 0 Å². The number of benzene rings is 1. The molecule has 2 aromatic rings. The quantitative estimate of drug-likeness (QED) is 0.588. The Labute approximate surface area is 174 Å². The van der Waals surface area contributed by atoms with Crippen LogP contribution in [0.15, 0.2) is 34.3 Å². The van der Waals surface area contributed by atoms with Crippen LogP contribution in [-0.4, -0.2) is 65.3 Å². The topological polar surface area (TPSA) is 126 Å². The Morgan fingerprint density at radius 2 is 1.90 bits per heavy atom. The third-order valence-corrected chi connectivity index (χ3v) is 7.15. The minimum absolute atomic E-state index is 0.0181. The highest BCUT2D eigenvalue weighted by atomic mass is 32.2. The summed E-state index contributed by atoms with van der Waals surface area (Å²) in [5.41, 5.74) is 0.592. The molecular weight excluding hydrogens is 416 g/mol. The summed E-state index contributed by atoms with van der Waals surface area (Å²) < 4.78 is 28.6. The van der Waals surface area contributed by atoms with Crippen molar-refractivity contribution >= 4 is 33.7 Å². The van der Waals surface area contributed by atoms with E-state index in [0.29, 0.717) is 29.6 Å². The second kappa shape index (κ2) is 9.85. The highest BCUT2D eigenvalue weighted by Gasteiger charge is 2.23. The standard InChI is InChI=1S/C17H24N6O4S2/c1-5-23(6-2)29(26,27)13-9-7-8-12(10-13)15-20-21-17(22(15)4)28-11-14(24)19-16(25)18-3/h7-10H,5-6,11H2,1-4H3,(H2,18,19,24,25). The number of thioether (sulfide) groups is 1. The van der Waals surface area contributed by atoms with Crippen molar-refractivity contribution in [3.8, 4) is 11.4 Å². The second-order valence-corrected chi connectivity index (χ2v) is 8.78. The van der Waals surface area contributed by atoms with E-state index in [-0.39, 0.29) is 10.6 Å². The molecule has 0 saturated carbocycles. The van der Waals surface area contributed by atoms with Crippen LogP contribution in [0.1, 0.15) is 13.8 Å². The summed E-state index contributed by atoms with van der Waals surface area (Å²) in [5.74, 6) is -0.0162. The molecule has 0 radical (unpaired) electrons. The minimum Gasteiger partial charge on any atom is -0.341 e. The van der Waals surface area contributed by atoms with Crippen molar-refractivity contribution in [1.82, 2.24) is 29.7 Å². The normalized spacial score (nSPS) is 11.5. The lowest BCUT2D eigenvalue weighted by Crippen LogP contribution is -2.38. The van der Waals surface area contributed by atoms with Crippen LogP contribution in [-0.2, 0) is 21.9 Å². The molecule has 0 aliphatic rings. The molecule has 0 bridgehead atoms. The molecule has 3 amide bonds. The maximum Gasteiger partial charge on any atom is 0.321 e. The zero-order valence-corrected chi connectivity index (χ0v) is 18.3. The fourth-order valence-corrected chi connectivity index (χ4v) is 4.77. The molecule has 0 saturated heterocycles. The Hall–Kier alpha value is -2.44. The van der Waals surface area contributed by atoms with Crippen molar-refractivity contribution in [2.45, 2.75) is 23.9 Å².